The van der Waals surface area contributed by atoms with Crippen molar-refractivity contribution < 1.29 is 4.79 Å². The van der Waals surface area contributed by atoms with Gasteiger partial charge in [-0.15, -0.1) is 0 Å². The summed E-state index contributed by atoms with van der Waals surface area (Å²) in [7, 11) is 0. The van der Waals surface area contributed by atoms with Gasteiger partial charge < -0.3 is 5.32 Å². The van der Waals surface area contributed by atoms with Crippen LogP contribution in [0.15, 0.2) is 28.8 Å². The van der Waals surface area contributed by atoms with Crippen LogP contribution in [-0.2, 0) is 24.2 Å². The predicted octanol–water partition coefficient (Wildman–Crippen LogP) is 2.68. The summed E-state index contributed by atoms with van der Waals surface area (Å²) < 4.78 is 1.38. The minimum Gasteiger partial charge on any atom is -0.354 e. The van der Waals surface area contributed by atoms with E-state index in [0.717, 1.165) is 56.2 Å². The highest BCUT2D eigenvalue weighted by molar-refractivity contribution is 5.77. The number of carbonyl (C=O) groups is 1. The Morgan fingerprint density at radius 3 is 2.85 bits per heavy atom. The second-order valence-corrected chi connectivity index (χ2v) is 7.56. The van der Waals surface area contributed by atoms with Crippen molar-refractivity contribution in [1.82, 2.24) is 19.9 Å². The molecule has 6 nitrogen and oxygen atoms in total. The minimum atomic E-state index is -0.189. The molecule has 0 bridgehead atoms. The van der Waals surface area contributed by atoms with Gasteiger partial charge in [0.05, 0.1) is 5.39 Å². The smallest absolute Gasteiger partial charge is 0.263 e. The topological polar surface area (TPSA) is 76.9 Å². The van der Waals surface area contributed by atoms with Crippen LogP contribution in [0, 0.1) is 0 Å². The van der Waals surface area contributed by atoms with Crippen molar-refractivity contribution in [2.24, 2.45) is 0 Å². The molecule has 27 heavy (non-hydrogen) atoms. The molecule has 0 fully saturated rings. The van der Waals surface area contributed by atoms with Gasteiger partial charge in [0.2, 0.25) is 5.91 Å². The summed E-state index contributed by atoms with van der Waals surface area (Å²) in [5.74, 6) is -0.152. The molecule has 0 aliphatic heterocycles. The third-order valence-electron chi connectivity index (χ3n) is 5.56. The maximum absolute atomic E-state index is 12.8. The fourth-order valence-corrected chi connectivity index (χ4v) is 4.03. The number of nitrogens with zero attached hydrogens (tertiary/aromatic N) is 3. The first-order valence-corrected chi connectivity index (χ1v) is 10.0. The molecule has 0 radical (unpaired) electrons. The number of aromatic nitrogens is 3. The lowest BCUT2D eigenvalue weighted by molar-refractivity contribution is -0.121. The van der Waals surface area contributed by atoms with Crippen LogP contribution in [-0.4, -0.2) is 27.0 Å². The normalized spacial score (nSPS) is 16.7. The molecule has 0 saturated carbocycles. The molecule has 0 atom stereocenters. The Kier molecular flexibility index (Phi) is 5.32. The molecular weight excluding hydrogens is 340 g/mol. The first-order valence-electron chi connectivity index (χ1n) is 10.0. The van der Waals surface area contributed by atoms with E-state index in [4.69, 9.17) is 0 Å². The number of amides is 1. The number of nitrogens with one attached hydrogen (secondary N) is 1. The van der Waals surface area contributed by atoms with Crippen LogP contribution in [0.5, 0.6) is 0 Å². The molecule has 6 heteroatoms. The quantitative estimate of drug-likeness (QED) is 0.826. The summed E-state index contributed by atoms with van der Waals surface area (Å²) >= 11 is 0. The summed E-state index contributed by atoms with van der Waals surface area (Å²) in [6.07, 6.45) is 13.6. The van der Waals surface area contributed by atoms with E-state index < -0.39 is 0 Å². The highest BCUT2D eigenvalue weighted by atomic mass is 16.2. The minimum absolute atomic E-state index is 0.00208. The molecule has 0 aromatic carbocycles. The van der Waals surface area contributed by atoms with Crippen LogP contribution >= 0.6 is 0 Å². The van der Waals surface area contributed by atoms with Gasteiger partial charge in [0, 0.05) is 12.2 Å². The molecule has 1 amide bonds. The Labute approximate surface area is 158 Å². The van der Waals surface area contributed by atoms with E-state index in [1.807, 2.05) is 6.07 Å². The van der Waals surface area contributed by atoms with E-state index in [9.17, 15) is 9.59 Å². The molecule has 142 valence electrons. The van der Waals surface area contributed by atoms with Crippen molar-refractivity contribution in [1.29, 1.82) is 0 Å². The van der Waals surface area contributed by atoms with Gasteiger partial charge in [-0.25, -0.2) is 9.97 Å². The lowest BCUT2D eigenvalue weighted by atomic mass is 9.95. The lowest BCUT2D eigenvalue weighted by Crippen LogP contribution is -2.33. The monoisotopic (exact) mass is 366 g/mol. The third kappa shape index (κ3) is 4.10. The SMILES string of the molecule is O=C(Cn1cnc2nc3c(cc2c1=O)CCCC3)NCCC1=CCCCC1. The number of carbonyl (C=O) groups excluding carboxylic acids is 1. The summed E-state index contributed by atoms with van der Waals surface area (Å²) in [4.78, 5) is 33.9. The summed E-state index contributed by atoms with van der Waals surface area (Å²) in [6, 6.07) is 1.93. The van der Waals surface area contributed by atoms with Gasteiger partial charge in [0.1, 0.15) is 12.9 Å². The number of hydrogen-bond acceptors (Lipinski definition) is 4. The Bertz CT molecular complexity index is 945. The molecule has 2 aromatic rings. The van der Waals surface area contributed by atoms with Gasteiger partial charge in [-0.2, -0.15) is 0 Å². The summed E-state index contributed by atoms with van der Waals surface area (Å²) in [5.41, 5.74) is 3.94. The van der Waals surface area contributed by atoms with Crippen LogP contribution in [0.3, 0.4) is 0 Å². The maximum Gasteiger partial charge on any atom is 0.263 e. The third-order valence-corrected chi connectivity index (χ3v) is 5.56. The Balaban J connectivity index is 1.43. The highest BCUT2D eigenvalue weighted by Crippen LogP contribution is 2.21. The van der Waals surface area contributed by atoms with E-state index in [1.54, 1.807) is 0 Å². The van der Waals surface area contributed by atoms with E-state index in [0.29, 0.717) is 17.6 Å². The zero-order chi connectivity index (χ0) is 18.6. The zero-order valence-corrected chi connectivity index (χ0v) is 15.7. The lowest BCUT2D eigenvalue weighted by Gasteiger charge is -2.15. The van der Waals surface area contributed by atoms with Gasteiger partial charge in [-0.05, 0) is 69.4 Å². The molecule has 0 spiro atoms. The van der Waals surface area contributed by atoms with Crippen LogP contribution in [0.4, 0.5) is 0 Å². The van der Waals surface area contributed by atoms with Crippen LogP contribution in [0.25, 0.3) is 11.0 Å². The summed E-state index contributed by atoms with van der Waals surface area (Å²) in [5, 5.41) is 3.43. The van der Waals surface area contributed by atoms with Gasteiger partial charge in [0.15, 0.2) is 5.65 Å². The van der Waals surface area contributed by atoms with Crippen LogP contribution in [0.2, 0.25) is 0 Å². The molecule has 1 N–H and O–H groups in total. The number of fused-ring (bicyclic) bond motifs is 2. The molecular formula is C21H26N4O2. The van der Waals surface area contributed by atoms with E-state index in [2.05, 4.69) is 21.4 Å². The second-order valence-electron chi connectivity index (χ2n) is 7.56. The largest absolute Gasteiger partial charge is 0.354 e. The average Bonchev–Trinajstić information content (AvgIpc) is 2.70. The Morgan fingerprint density at radius 2 is 2.00 bits per heavy atom. The van der Waals surface area contributed by atoms with Crippen molar-refractivity contribution >= 4 is 16.9 Å². The number of rotatable bonds is 5. The molecule has 2 aromatic heterocycles. The van der Waals surface area contributed by atoms with E-state index in [1.165, 1.54) is 29.3 Å². The van der Waals surface area contributed by atoms with Crippen molar-refractivity contribution in [2.45, 2.75) is 64.3 Å². The molecule has 2 heterocycles. The Hall–Kier alpha value is -2.50. The summed E-state index contributed by atoms with van der Waals surface area (Å²) in [6.45, 7) is 0.618. The van der Waals surface area contributed by atoms with Crippen molar-refractivity contribution in [3.8, 4) is 0 Å². The standard InChI is InChI=1S/C21H26N4O2/c26-19(22-11-10-15-6-2-1-3-7-15)13-25-14-23-20-17(21(25)27)12-16-8-4-5-9-18(16)24-20/h6,12,14H,1-5,7-11,13H2,(H,22,26). The van der Waals surface area contributed by atoms with Gasteiger partial charge in [-0.1, -0.05) is 11.6 Å². The maximum atomic E-state index is 12.8. The molecule has 0 saturated heterocycles. The van der Waals surface area contributed by atoms with Crippen LogP contribution < -0.4 is 10.9 Å². The number of pyridine rings is 1. The average molecular weight is 366 g/mol. The van der Waals surface area contributed by atoms with Gasteiger partial charge in [-0.3, -0.25) is 14.2 Å². The molecule has 4 rings (SSSR count). The zero-order valence-electron chi connectivity index (χ0n) is 15.7. The van der Waals surface area contributed by atoms with Gasteiger partial charge >= 0.3 is 0 Å². The highest BCUT2D eigenvalue weighted by Gasteiger charge is 2.15. The van der Waals surface area contributed by atoms with Gasteiger partial charge in [0.25, 0.3) is 5.56 Å². The number of allylic oxidation sites excluding steroid dienone is 1. The van der Waals surface area contributed by atoms with E-state index >= 15 is 0 Å². The second kappa shape index (κ2) is 8.03. The molecule has 2 aliphatic rings. The van der Waals surface area contributed by atoms with Crippen molar-refractivity contribution in [2.75, 3.05) is 6.54 Å². The number of hydrogen-bond donors (Lipinski definition) is 1. The molecule has 0 unspecified atom stereocenters. The fourth-order valence-electron chi connectivity index (χ4n) is 4.03. The molecule has 2 aliphatic carbocycles. The van der Waals surface area contributed by atoms with Crippen molar-refractivity contribution in [3.05, 3.63) is 45.7 Å². The first kappa shape index (κ1) is 17.9. The fraction of sp³-hybridized carbons (Fsp3) is 0.524. The van der Waals surface area contributed by atoms with E-state index in [-0.39, 0.29) is 18.0 Å². The first-order chi connectivity index (χ1) is 13.2. The number of aryl methyl sites for hydroxylation is 2. The van der Waals surface area contributed by atoms with Crippen molar-refractivity contribution in [3.63, 3.8) is 0 Å². The predicted molar refractivity (Wildman–Crippen MR) is 105 cm³/mol. The Morgan fingerprint density at radius 1 is 1.15 bits per heavy atom. The van der Waals surface area contributed by atoms with Crippen LogP contribution in [0.1, 0.15) is 56.2 Å².